The molecule has 2 aliphatic heterocycles. The number of nitrogens with one attached hydrogen (secondary N) is 1. The molecule has 3 heteroatoms. The highest BCUT2D eigenvalue weighted by atomic mass is 32.2. The standard InChI is InChI=1S/C9H8N2S/c1-2-6-7-4-10-5-11-9(7)12-8(6)3-1/h1-6,9H,(H,10,11). The molecule has 0 saturated carbocycles. The van der Waals surface area contributed by atoms with E-state index >= 15 is 0 Å². The van der Waals surface area contributed by atoms with Crippen LogP contribution >= 0.6 is 11.8 Å². The molecule has 1 aliphatic carbocycles. The summed E-state index contributed by atoms with van der Waals surface area (Å²) in [5.74, 6) is 0.518. The van der Waals surface area contributed by atoms with Gasteiger partial charge < -0.3 is 5.32 Å². The Morgan fingerprint density at radius 1 is 1.50 bits per heavy atom. The van der Waals surface area contributed by atoms with Crippen LogP contribution in [0.4, 0.5) is 0 Å². The Morgan fingerprint density at radius 3 is 3.50 bits per heavy atom. The van der Waals surface area contributed by atoms with Gasteiger partial charge in [-0.1, -0.05) is 30.0 Å². The number of nitrogens with zero attached hydrogens (tertiary/aromatic N) is 1. The number of rotatable bonds is 0. The lowest BCUT2D eigenvalue weighted by Gasteiger charge is -2.12. The zero-order valence-corrected chi connectivity index (χ0v) is 7.21. The summed E-state index contributed by atoms with van der Waals surface area (Å²) in [5, 5.41) is 3.38. The summed E-state index contributed by atoms with van der Waals surface area (Å²) in [6, 6.07) is 0. The van der Waals surface area contributed by atoms with Crippen molar-refractivity contribution in [1.82, 2.24) is 5.32 Å². The Bertz CT molecular complexity index is 338. The van der Waals surface area contributed by atoms with Gasteiger partial charge in [-0.3, -0.25) is 4.99 Å². The molecule has 0 spiro atoms. The minimum atomic E-state index is 0.340. The predicted octanol–water partition coefficient (Wildman–Crippen LogP) is 1.64. The van der Waals surface area contributed by atoms with Gasteiger partial charge in [-0.15, -0.1) is 0 Å². The number of hydrogen-bond acceptors (Lipinski definition) is 3. The van der Waals surface area contributed by atoms with E-state index in [1.165, 1.54) is 10.5 Å². The lowest BCUT2D eigenvalue weighted by atomic mass is 10.0. The number of hydrogen-bond donors (Lipinski definition) is 1. The fourth-order valence-corrected chi connectivity index (χ4v) is 2.97. The van der Waals surface area contributed by atoms with Gasteiger partial charge in [-0.05, 0) is 10.5 Å². The molecule has 2 atom stereocenters. The maximum Gasteiger partial charge on any atom is 0.125 e. The molecule has 1 N–H and O–H groups in total. The molecule has 0 amide bonds. The largest absolute Gasteiger partial charge is 0.353 e. The van der Waals surface area contributed by atoms with Crippen LogP contribution in [0.15, 0.2) is 39.9 Å². The molecule has 3 rings (SSSR count). The minimum absolute atomic E-state index is 0.340. The van der Waals surface area contributed by atoms with E-state index in [4.69, 9.17) is 0 Å². The number of allylic oxidation sites excluding steroid dienone is 4. The monoisotopic (exact) mass is 176 g/mol. The van der Waals surface area contributed by atoms with Crippen LogP contribution in [0.3, 0.4) is 0 Å². The average Bonchev–Trinajstić information content (AvgIpc) is 2.62. The molecule has 0 bridgehead atoms. The predicted molar refractivity (Wildman–Crippen MR) is 51.8 cm³/mol. The van der Waals surface area contributed by atoms with E-state index < -0.39 is 0 Å². The van der Waals surface area contributed by atoms with E-state index in [2.05, 4.69) is 34.7 Å². The Labute approximate surface area is 75.1 Å². The lowest BCUT2D eigenvalue weighted by molar-refractivity contribution is 0.880. The first-order chi connectivity index (χ1) is 5.95. The quantitative estimate of drug-likeness (QED) is 0.607. The Kier molecular flexibility index (Phi) is 1.23. The van der Waals surface area contributed by atoms with Crippen LogP contribution in [0.5, 0.6) is 0 Å². The van der Waals surface area contributed by atoms with Gasteiger partial charge in [0.05, 0.1) is 6.34 Å². The normalized spacial score (nSPS) is 35.3. The molecule has 0 radical (unpaired) electrons. The van der Waals surface area contributed by atoms with Gasteiger partial charge in [0.25, 0.3) is 0 Å². The number of fused-ring (bicyclic) bond motifs is 3. The van der Waals surface area contributed by atoms with Gasteiger partial charge in [0, 0.05) is 12.1 Å². The molecule has 0 aromatic carbocycles. The maximum atomic E-state index is 4.36. The van der Waals surface area contributed by atoms with E-state index in [9.17, 15) is 0 Å². The molecule has 1 saturated heterocycles. The molecule has 2 heterocycles. The van der Waals surface area contributed by atoms with E-state index in [1.54, 1.807) is 6.34 Å². The molecule has 2 nitrogen and oxygen atoms in total. The van der Waals surface area contributed by atoms with Crippen molar-refractivity contribution in [1.29, 1.82) is 0 Å². The van der Waals surface area contributed by atoms with Crippen LogP contribution in [-0.4, -0.2) is 11.7 Å². The number of aliphatic imine (C=N–C) groups is 1. The Balaban J connectivity index is 2.05. The second-order valence-corrected chi connectivity index (χ2v) is 4.14. The molecule has 3 aliphatic rings. The van der Waals surface area contributed by atoms with Crippen LogP contribution in [0.1, 0.15) is 0 Å². The van der Waals surface area contributed by atoms with Crippen molar-refractivity contribution in [3.63, 3.8) is 0 Å². The minimum Gasteiger partial charge on any atom is -0.353 e. The first kappa shape index (κ1) is 6.54. The van der Waals surface area contributed by atoms with E-state index in [1.807, 2.05) is 11.8 Å². The molecule has 60 valence electrons. The third kappa shape index (κ3) is 0.743. The highest BCUT2D eigenvalue weighted by molar-refractivity contribution is 8.04. The second kappa shape index (κ2) is 2.26. The second-order valence-electron chi connectivity index (χ2n) is 2.99. The summed E-state index contributed by atoms with van der Waals surface area (Å²) < 4.78 is 0. The molecular weight excluding hydrogens is 168 g/mol. The van der Waals surface area contributed by atoms with Crippen LogP contribution in [0.2, 0.25) is 0 Å². The smallest absolute Gasteiger partial charge is 0.125 e. The average molecular weight is 176 g/mol. The first-order valence-electron chi connectivity index (χ1n) is 3.98. The fourth-order valence-electron chi connectivity index (χ4n) is 1.72. The van der Waals surface area contributed by atoms with E-state index in [0.717, 1.165) is 0 Å². The Morgan fingerprint density at radius 2 is 2.50 bits per heavy atom. The summed E-state index contributed by atoms with van der Waals surface area (Å²) in [6.07, 6.45) is 10.4. The van der Waals surface area contributed by atoms with Crippen molar-refractivity contribution in [2.45, 2.75) is 5.37 Å². The van der Waals surface area contributed by atoms with Crippen molar-refractivity contribution in [2.75, 3.05) is 0 Å². The van der Waals surface area contributed by atoms with Crippen LogP contribution in [0, 0.1) is 5.92 Å². The fraction of sp³-hybridized carbons (Fsp3) is 0.222. The van der Waals surface area contributed by atoms with Gasteiger partial charge in [-0.25, -0.2) is 0 Å². The van der Waals surface area contributed by atoms with Gasteiger partial charge in [-0.2, -0.15) is 0 Å². The third-order valence-electron chi connectivity index (χ3n) is 2.30. The highest BCUT2D eigenvalue weighted by Gasteiger charge is 2.35. The number of thioether (sulfide) groups is 1. The lowest BCUT2D eigenvalue weighted by Crippen LogP contribution is -2.16. The maximum absolute atomic E-state index is 4.36. The summed E-state index contributed by atoms with van der Waals surface area (Å²) in [5.41, 5.74) is 1.39. The summed E-state index contributed by atoms with van der Waals surface area (Å²) in [6.45, 7) is 0. The molecule has 0 aromatic rings. The topological polar surface area (TPSA) is 24.4 Å². The molecule has 2 unspecified atom stereocenters. The summed E-state index contributed by atoms with van der Waals surface area (Å²) in [4.78, 5) is 5.79. The third-order valence-corrected chi connectivity index (χ3v) is 3.58. The van der Waals surface area contributed by atoms with Crippen molar-refractivity contribution < 1.29 is 0 Å². The Hall–Kier alpha value is -0.960. The van der Waals surface area contributed by atoms with E-state index in [0.29, 0.717) is 11.3 Å². The van der Waals surface area contributed by atoms with Crippen molar-refractivity contribution in [3.05, 3.63) is 34.9 Å². The SMILES string of the molecule is C1=CC2C(=C1)SC1N=CNC=C12. The molecular formula is C9H8N2S. The zero-order valence-electron chi connectivity index (χ0n) is 6.40. The van der Waals surface area contributed by atoms with Crippen molar-refractivity contribution in [2.24, 2.45) is 10.9 Å². The van der Waals surface area contributed by atoms with Gasteiger partial charge >= 0.3 is 0 Å². The van der Waals surface area contributed by atoms with Gasteiger partial charge in [0.2, 0.25) is 0 Å². The van der Waals surface area contributed by atoms with Gasteiger partial charge in [0.1, 0.15) is 5.37 Å². The van der Waals surface area contributed by atoms with Crippen molar-refractivity contribution >= 4 is 18.1 Å². The van der Waals surface area contributed by atoms with Crippen LogP contribution in [0.25, 0.3) is 0 Å². The zero-order chi connectivity index (χ0) is 7.97. The highest BCUT2D eigenvalue weighted by Crippen LogP contribution is 2.49. The van der Waals surface area contributed by atoms with E-state index in [-0.39, 0.29) is 0 Å². The first-order valence-corrected chi connectivity index (χ1v) is 4.86. The van der Waals surface area contributed by atoms with Crippen LogP contribution < -0.4 is 5.32 Å². The van der Waals surface area contributed by atoms with Gasteiger partial charge in [0.15, 0.2) is 0 Å². The summed E-state index contributed by atoms with van der Waals surface area (Å²) >= 11 is 1.86. The molecule has 12 heavy (non-hydrogen) atoms. The molecule has 1 fully saturated rings. The molecule has 0 aromatic heterocycles. The van der Waals surface area contributed by atoms with Crippen LogP contribution in [-0.2, 0) is 0 Å². The van der Waals surface area contributed by atoms with Crippen molar-refractivity contribution in [3.8, 4) is 0 Å². The summed E-state index contributed by atoms with van der Waals surface area (Å²) in [7, 11) is 0.